The van der Waals surface area contributed by atoms with E-state index in [9.17, 15) is 9.50 Å². The van der Waals surface area contributed by atoms with Gasteiger partial charge in [0.2, 0.25) is 0 Å². The van der Waals surface area contributed by atoms with E-state index in [-0.39, 0.29) is 5.69 Å². The SMILES string of the molecule is Cc1ccc(C)c(C(O)c2ncccc2F)c1. The molecule has 2 aromatic rings. The van der Waals surface area contributed by atoms with Gasteiger partial charge in [-0.1, -0.05) is 23.8 Å². The molecule has 0 aliphatic heterocycles. The Morgan fingerprint density at radius 2 is 2.00 bits per heavy atom. The van der Waals surface area contributed by atoms with Gasteiger partial charge in [-0.3, -0.25) is 4.98 Å². The highest BCUT2D eigenvalue weighted by Gasteiger charge is 2.17. The number of halogens is 1. The summed E-state index contributed by atoms with van der Waals surface area (Å²) in [5.74, 6) is -0.485. The lowest BCUT2D eigenvalue weighted by Gasteiger charge is -2.14. The molecule has 0 saturated heterocycles. The van der Waals surface area contributed by atoms with Crippen molar-refractivity contribution >= 4 is 0 Å². The fraction of sp³-hybridized carbons (Fsp3) is 0.214. The zero-order valence-electron chi connectivity index (χ0n) is 9.81. The van der Waals surface area contributed by atoms with Crippen molar-refractivity contribution in [2.45, 2.75) is 20.0 Å². The van der Waals surface area contributed by atoms with Crippen molar-refractivity contribution in [1.82, 2.24) is 4.98 Å². The average molecular weight is 231 g/mol. The van der Waals surface area contributed by atoms with Gasteiger partial charge in [-0.2, -0.15) is 0 Å². The minimum absolute atomic E-state index is 0.0706. The van der Waals surface area contributed by atoms with Crippen molar-refractivity contribution in [2.24, 2.45) is 0 Å². The van der Waals surface area contributed by atoms with Crippen molar-refractivity contribution in [1.29, 1.82) is 0 Å². The van der Waals surface area contributed by atoms with Crippen LogP contribution in [0.1, 0.15) is 28.5 Å². The molecule has 1 aromatic heterocycles. The quantitative estimate of drug-likeness (QED) is 0.862. The summed E-state index contributed by atoms with van der Waals surface area (Å²) in [6, 6.07) is 8.54. The molecular formula is C14H14FNO. The Labute approximate surface area is 99.8 Å². The fourth-order valence-corrected chi connectivity index (χ4v) is 1.80. The first-order valence-electron chi connectivity index (χ1n) is 5.45. The van der Waals surface area contributed by atoms with Crippen molar-refractivity contribution < 1.29 is 9.50 Å². The zero-order chi connectivity index (χ0) is 12.4. The Morgan fingerprint density at radius 1 is 1.24 bits per heavy atom. The predicted octanol–water partition coefficient (Wildman–Crippen LogP) is 2.92. The summed E-state index contributed by atoms with van der Waals surface area (Å²) >= 11 is 0. The Kier molecular flexibility index (Phi) is 3.20. The van der Waals surface area contributed by atoms with Crippen LogP contribution < -0.4 is 0 Å². The molecule has 1 unspecified atom stereocenters. The van der Waals surface area contributed by atoms with Crippen LogP contribution in [0.25, 0.3) is 0 Å². The lowest BCUT2D eigenvalue weighted by Crippen LogP contribution is -2.07. The minimum Gasteiger partial charge on any atom is -0.382 e. The molecule has 0 bridgehead atoms. The van der Waals surface area contributed by atoms with Crippen LogP contribution in [0.2, 0.25) is 0 Å². The summed E-state index contributed by atoms with van der Waals surface area (Å²) in [4.78, 5) is 3.90. The second-order valence-electron chi connectivity index (χ2n) is 4.13. The van der Waals surface area contributed by atoms with Crippen LogP contribution in [0.3, 0.4) is 0 Å². The molecule has 3 heteroatoms. The molecule has 0 aliphatic rings. The Balaban J connectivity index is 2.47. The number of hydrogen-bond acceptors (Lipinski definition) is 2. The molecule has 1 heterocycles. The van der Waals surface area contributed by atoms with Gasteiger partial charge >= 0.3 is 0 Å². The first-order chi connectivity index (χ1) is 8.09. The van der Waals surface area contributed by atoms with E-state index in [1.54, 1.807) is 0 Å². The molecule has 0 fully saturated rings. The first kappa shape index (κ1) is 11.7. The van der Waals surface area contributed by atoms with Crippen LogP contribution in [0.15, 0.2) is 36.5 Å². The standard InChI is InChI=1S/C14H14FNO/c1-9-5-6-10(2)11(8-9)14(17)13-12(15)4-3-7-16-13/h3-8,14,17H,1-2H3. The van der Waals surface area contributed by atoms with Crippen molar-refractivity contribution in [3.8, 4) is 0 Å². The molecule has 0 saturated carbocycles. The van der Waals surface area contributed by atoms with E-state index >= 15 is 0 Å². The second kappa shape index (κ2) is 4.63. The molecule has 2 rings (SSSR count). The normalized spacial score (nSPS) is 12.5. The third-order valence-electron chi connectivity index (χ3n) is 2.78. The molecule has 1 aromatic carbocycles. The van der Waals surface area contributed by atoms with Crippen molar-refractivity contribution in [2.75, 3.05) is 0 Å². The third-order valence-corrected chi connectivity index (χ3v) is 2.78. The van der Waals surface area contributed by atoms with Gasteiger partial charge in [0.25, 0.3) is 0 Å². The van der Waals surface area contributed by atoms with Gasteiger partial charge in [-0.15, -0.1) is 0 Å². The largest absolute Gasteiger partial charge is 0.382 e. The lowest BCUT2D eigenvalue weighted by molar-refractivity contribution is 0.208. The molecule has 0 amide bonds. The molecule has 0 spiro atoms. The fourth-order valence-electron chi connectivity index (χ4n) is 1.80. The van der Waals surface area contributed by atoms with E-state index in [0.29, 0.717) is 5.56 Å². The summed E-state index contributed by atoms with van der Waals surface area (Å²) in [6.07, 6.45) is 0.461. The number of nitrogens with zero attached hydrogens (tertiary/aromatic N) is 1. The maximum absolute atomic E-state index is 13.5. The molecule has 0 aliphatic carbocycles. The van der Waals surface area contributed by atoms with Crippen LogP contribution in [0.4, 0.5) is 4.39 Å². The smallest absolute Gasteiger partial charge is 0.147 e. The third kappa shape index (κ3) is 2.34. The number of aliphatic hydroxyl groups is 1. The number of pyridine rings is 1. The summed E-state index contributed by atoms with van der Waals surface area (Å²) in [5, 5.41) is 10.2. The van der Waals surface area contributed by atoms with E-state index in [2.05, 4.69) is 4.98 Å². The molecular weight excluding hydrogens is 217 g/mol. The van der Waals surface area contributed by atoms with Crippen LogP contribution in [0, 0.1) is 19.7 Å². The maximum atomic E-state index is 13.5. The predicted molar refractivity (Wildman–Crippen MR) is 64.2 cm³/mol. The molecule has 0 radical (unpaired) electrons. The van der Waals surface area contributed by atoms with Gasteiger partial charge in [-0.05, 0) is 37.1 Å². The van der Waals surface area contributed by atoms with Crippen molar-refractivity contribution in [3.63, 3.8) is 0 Å². The highest BCUT2D eigenvalue weighted by molar-refractivity contribution is 5.36. The van der Waals surface area contributed by atoms with Gasteiger partial charge in [0, 0.05) is 6.20 Å². The van der Waals surface area contributed by atoms with Gasteiger partial charge in [0.05, 0.1) is 0 Å². The monoisotopic (exact) mass is 231 g/mol. The van der Waals surface area contributed by atoms with Crippen LogP contribution in [0.5, 0.6) is 0 Å². The zero-order valence-corrected chi connectivity index (χ0v) is 9.81. The molecule has 2 nitrogen and oxygen atoms in total. The average Bonchev–Trinajstić information content (AvgIpc) is 2.32. The lowest BCUT2D eigenvalue weighted by atomic mass is 9.98. The van der Waals surface area contributed by atoms with Crippen LogP contribution in [-0.2, 0) is 0 Å². The number of hydrogen-bond donors (Lipinski definition) is 1. The summed E-state index contributed by atoms with van der Waals surface area (Å²) in [5.41, 5.74) is 2.72. The number of rotatable bonds is 2. The maximum Gasteiger partial charge on any atom is 0.147 e. The summed E-state index contributed by atoms with van der Waals surface area (Å²) in [6.45, 7) is 3.82. The first-order valence-corrected chi connectivity index (χ1v) is 5.45. The molecule has 1 N–H and O–H groups in total. The molecule has 17 heavy (non-hydrogen) atoms. The Morgan fingerprint density at radius 3 is 2.71 bits per heavy atom. The van der Waals surface area contributed by atoms with E-state index in [1.165, 1.54) is 18.3 Å². The molecule has 88 valence electrons. The van der Waals surface area contributed by atoms with E-state index in [4.69, 9.17) is 0 Å². The second-order valence-corrected chi connectivity index (χ2v) is 4.13. The number of aliphatic hydroxyl groups excluding tert-OH is 1. The van der Waals surface area contributed by atoms with Gasteiger partial charge in [0.15, 0.2) is 0 Å². The summed E-state index contributed by atoms with van der Waals surface area (Å²) < 4.78 is 13.5. The Bertz CT molecular complexity index is 539. The number of aryl methyl sites for hydroxylation is 2. The Hall–Kier alpha value is -1.74. The summed E-state index contributed by atoms with van der Waals surface area (Å²) in [7, 11) is 0. The van der Waals surface area contributed by atoms with Crippen LogP contribution >= 0.6 is 0 Å². The van der Waals surface area contributed by atoms with Gasteiger partial charge < -0.3 is 5.11 Å². The minimum atomic E-state index is -1.02. The van der Waals surface area contributed by atoms with Crippen LogP contribution in [-0.4, -0.2) is 10.1 Å². The van der Waals surface area contributed by atoms with E-state index in [0.717, 1.165) is 11.1 Å². The topological polar surface area (TPSA) is 33.1 Å². The van der Waals surface area contributed by atoms with Crippen molar-refractivity contribution in [3.05, 3.63) is 64.7 Å². The molecule has 1 atom stereocenters. The van der Waals surface area contributed by atoms with Gasteiger partial charge in [0.1, 0.15) is 17.6 Å². The van der Waals surface area contributed by atoms with E-state index < -0.39 is 11.9 Å². The number of aromatic nitrogens is 1. The number of benzene rings is 1. The van der Waals surface area contributed by atoms with Gasteiger partial charge in [-0.25, -0.2) is 4.39 Å². The highest BCUT2D eigenvalue weighted by Crippen LogP contribution is 2.25. The van der Waals surface area contributed by atoms with E-state index in [1.807, 2.05) is 32.0 Å². The highest BCUT2D eigenvalue weighted by atomic mass is 19.1.